The lowest BCUT2D eigenvalue weighted by atomic mass is 10.1. The van der Waals surface area contributed by atoms with Gasteiger partial charge in [-0.15, -0.1) is 10.2 Å². The zero-order valence-electron chi connectivity index (χ0n) is 11.3. The van der Waals surface area contributed by atoms with E-state index in [-0.39, 0.29) is 5.56 Å². The molecule has 0 unspecified atom stereocenters. The largest absolute Gasteiger partial charge is 0.349 e. The third-order valence-corrected chi connectivity index (χ3v) is 3.21. The van der Waals surface area contributed by atoms with Crippen molar-refractivity contribution in [2.24, 2.45) is 7.05 Å². The van der Waals surface area contributed by atoms with Crippen molar-refractivity contribution in [3.05, 3.63) is 58.5 Å². The number of nitrogens with one attached hydrogen (secondary N) is 1. The first kappa shape index (κ1) is 12.3. The molecule has 0 aliphatic rings. The maximum Gasteiger partial charge on any atom is 0.279 e. The Kier molecular flexibility index (Phi) is 2.95. The topological polar surface area (TPSA) is 63.6 Å². The van der Waals surface area contributed by atoms with E-state index >= 15 is 0 Å². The summed E-state index contributed by atoms with van der Waals surface area (Å²) in [7, 11) is 1.87. The monoisotopic (exact) mass is 266 g/mol. The lowest BCUT2D eigenvalue weighted by Gasteiger charge is -2.03. The van der Waals surface area contributed by atoms with E-state index in [9.17, 15) is 4.79 Å². The van der Waals surface area contributed by atoms with Gasteiger partial charge in [-0.25, -0.2) is 0 Å². The summed E-state index contributed by atoms with van der Waals surface area (Å²) in [5.74, 6) is 0.480. The summed E-state index contributed by atoms with van der Waals surface area (Å²) < 4.78 is 1.84. The third kappa shape index (κ3) is 2.14. The van der Waals surface area contributed by atoms with E-state index in [1.807, 2.05) is 61.1 Å². The van der Waals surface area contributed by atoms with Crippen molar-refractivity contribution in [2.75, 3.05) is 0 Å². The highest BCUT2D eigenvalue weighted by Crippen LogP contribution is 2.15. The van der Waals surface area contributed by atoms with Gasteiger partial charge in [0.2, 0.25) is 0 Å². The van der Waals surface area contributed by atoms with Crippen LogP contribution in [0.5, 0.6) is 0 Å². The molecular weight excluding hydrogens is 252 g/mol. The average molecular weight is 266 g/mol. The van der Waals surface area contributed by atoms with Gasteiger partial charge >= 0.3 is 0 Å². The lowest BCUT2D eigenvalue weighted by molar-refractivity contribution is 0.897. The van der Waals surface area contributed by atoms with Crippen LogP contribution in [0.15, 0.2) is 47.4 Å². The van der Waals surface area contributed by atoms with Crippen LogP contribution in [0.25, 0.3) is 22.8 Å². The SMILES string of the molecule is Cc1ccc(-c2nnc(-c3cccn3C)c(=O)[nH]2)cc1. The molecule has 1 N–H and O–H groups in total. The molecular formula is C15H14N4O. The summed E-state index contributed by atoms with van der Waals surface area (Å²) in [6.45, 7) is 2.01. The van der Waals surface area contributed by atoms with Crippen molar-refractivity contribution in [2.45, 2.75) is 6.92 Å². The number of rotatable bonds is 2. The Morgan fingerprint density at radius 3 is 2.45 bits per heavy atom. The lowest BCUT2D eigenvalue weighted by Crippen LogP contribution is -2.15. The highest BCUT2D eigenvalue weighted by molar-refractivity contribution is 5.58. The number of hydrogen-bond acceptors (Lipinski definition) is 3. The molecule has 0 aliphatic heterocycles. The first-order chi connectivity index (χ1) is 9.65. The second-order valence-electron chi connectivity index (χ2n) is 4.72. The van der Waals surface area contributed by atoms with Gasteiger partial charge in [-0.1, -0.05) is 29.8 Å². The zero-order chi connectivity index (χ0) is 14.1. The smallest absolute Gasteiger partial charge is 0.279 e. The Hall–Kier alpha value is -2.69. The third-order valence-electron chi connectivity index (χ3n) is 3.21. The Labute approximate surface area is 115 Å². The van der Waals surface area contributed by atoms with Gasteiger partial charge in [0.15, 0.2) is 11.5 Å². The van der Waals surface area contributed by atoms with Gasteiger partial charge in [0, 0.05) is 18.8 Å². The van der Waals surface area contributed by atoms with Crippen molar-refractivity contribution in [1.82, 2.24) is 19.7 Å². The first-order valence-corrected chi connectivity index (χ1v) is 6.31. The Balaban J connectivity index is 2.06. The van der Waals surface area contributed by atoms with Crippen LogP contribution in [0.1, 0.15) is 5.56 Å². The van der Waals surface area contributed by atoms with Gasteiger partial charge in [-0.05, 0) is 19.1 Å². The highest BCUT2D eigenvalue weighted by Gasteiger charge is 2.10. The second kappa shape index (κ2) is 4.77. The quantitative estimate of drug-likeness (QED) is 0.773. The Bertz CT molecular complexity index is 799. The average Bonchev–Trinajstić information content (AvgIpc) is 2.86. The maximum atomic E-state index is 12.2. The molecule has 100 valence electrons. The van der Waals surface area contributed by atoms with E-state index in [2.05, 4.69) is 15.2 Å². The van der Waals surface area contributed by atoms with Crippen LogP contribution in [0.3, 0.4) is 0 Å². The second-order valence-corrected chi connectivity index (χ2v) is 4.72. The molecule has 0 saturated carbocycles. The summed E-state index contributed by atoms with van der Waals surface area (Å²) in [5.41, 5.74) is 2.84. The van der Waals surface area contributed by atoms with Crippen LogP contribution in [-0.2, 0) is 7.05 Å². The number of hydrogen-bond donors (Lipinski definition) is 1. The summed E-state index contributed by atoms with van der Waals surface area (Å²) in [6.07, 6.45) is 1.87. The van der Waals surface area contributed by atoms with E-state index in [1.54, 1.807) is 0 Å². The molecule has 0 atom stereocenters. The van der Waals surface area contributed by atoms with Gasteiger partial charge < -0.3 is 9.55 Å². The molecule has 2 aromatic heterocycles. The molecule has 5 heteroatoms. The van der Waals surface area contributed by atoms with E-state index in [1.165, 1.54) is 0 Å². The van der Waals surface area contributed by atoms with E-state index < -0.39 is 0 Å². The summed E-state index contributed by atoms with van der Waals surface area (Å²) in [5, 5.41) is 8.18. The van der Waals surface area contributed by atoms with Crippen LogP contribution in [0.2, 0.25) is 0 Å². The number of aromatic nitrogens is 4. The number of aryl methyl sites for hydroxylation is 2. The van der Waals surface area contributed by atoms with Gasteiger partial charge in [-0.2, -0.15) is 0 Å². The van der Waals surface area contributed by atoms with Crippen LogP contribution in [-0.4, -0.2) is 19.7 Å². The van der Waals surface area contributed by atoms with E-state index in [0.717, 1.165) is 16.8 Å². The van der Waals surface area contributed by atoms with E-state index in [4.69, 9.17) is 0 Å². The van der Waals surface area contributed by atoms with Gasteiger partial charge in [-0.3, -0.25) is 4.79 Å². The van der Waals surface area contributed by atoms with Crippen molar-refractivity contribution >= 4 is 0 Å². The molecule has 0 radical (unpaired) electrons. The van der Waals surface area contributed by atoms with Crippen LogP contribution >= 0.6 is 0 Å². The Morgan fingerprint density at radius 2 is 1.85 bits per heavy atom. The van der Waals surface area contributed by atoms with Crippen molar-refractivity contribution in [3.8, 4) is 22.8 Å². The molecule has 3 rings (SSSR count). The van der Waals surface area contributed by atoms with Gasteiger partial charge in [0.1, 0.15) is 0 Å². The minimum Gasteiger partial charge on any atom is -0.349 e. The van der Waals surface area contributed by atoms with Crippen LogP contribution < -0.4 is 5.56 Å². The number of H-pyrrole nitrogens is 1. The zero-order valence-corrected chi connectivity index (χ0v) is 11.3. The van der Waals surface area contributed by atoms with Crippen LogP contribution in [0, 0.1) is 6.92 Å². The molecule has 0 saturated heterocycles. The molecule has 2 heterocycles. The maximum absolute atomic E-state index is 12.2. The highest BCUT2D eigenvalue weighted by atomic mass is 16.1. The molecule has 5 nitrogen and oxygen atoms in total. The Morgan fingerprint density at radius 1 is 1.10 bits per heavy atom. The predicted octanol–water partition coefficient (Wildman–Crippen LogP) is 2.15. The van der Waals surface area contributed by atoms with Crippen molar-refractivity contribution in [3.63, 3.8) is 0 Å². The predicted molar refractivity (Wildman–Crippen MR) is 77.2 cm³/mol. The van der Waals surface area contributed by atoms with E-state index in [0.29, 0.717) is 11.5 Å². The van der Waals surface area contributed by atoms with Crippen molar-refractivity contribution in [1.29, 1.82) is 0 Å². The molecule has 0 bridgehead atoms. The molecule has 0 fully saturated rings. The molecule has 20 heavy (non-hydrogen) atoms. The van der Waals surface area contributed by atoms with Gasteiger partial charge in [0.25, 0.3) is 5.56 Å². The molecule has 0 amide bonds. The summed E-state index contributed by atoms with van der Waals surface area (Å²) >= 11 is 0. The fourth-order valence-electron chi connectivity index (χ4n) is 2.05. The molecule has 0 aliphatic carbocycles. The minimum atomic E-state index is -0.239. The molecule has 1 aromatic carbocycles. The normalized spacial score (nSPS) is 10.7. The number of benzene rings is 1. The fraction of sp³-hybridized carbons (Fsp3) is 0.133. The van der Waals surface area contributed by atoms with Crippen molar-refractivity contribution < 1.29 is 0 Å². The minimum absolute atomic E-state index is 0.239. The molecule has 3 aromatic rings. The first-order valence-electron chi connectivity index (χ1n) is 6.31. The van der Waals surface area contributed by atoms with Gasteiger partial charge in [0.05, 0.1) is 5.69 Å². The fourth-order valence-corrected chi connectivity index (χ4v) is 2.05. The summed E-state index contributed by atoms with van der Waals surface area (Å²) in [4.78, 5) is 14.9. The number of nitrogens with zero attached hydrogens (tertiary/aromatic N) is 3. The number of aromatic amines is 1. The standard InChI is InChI=1S/C15H14N4O/c1-10-5-7-11(8-6-10)14-16-15(20)13(17-18-14)12-4-3-9-19(12)2/h3-9H,1-2H3,(H,16,18,20). The summed E-state index contributed by atoms with van der Waals surface area (Å²) in [6, 6.07) is 11.5. The molecule has 0 spiro atoms. The van der Waals surface area contributed by atoms with Crippen LogP contribution in [0.4, 0.5) is 0 Å².